The predicted molar refractivity (Wildman–Crippen MR) is 85.7 cm³/mol. The molecule has 0 bridgehead atoms. The van der Waals surface area contributed by atoms with E-state index in [0.29, 0.717) is 29.9 Å². The number of carbonyl (C=O) groups is 1. The highest BCUT2D eigenvalue weighted by atomic mass is 16.6. The summed E-state index contributed by atoms with van der Waals surface area (Å²) >= 11 is 0. The third kappa shape index (κ3) is 4.10. The SMILES string of the molecule is CC(CNCCc1cc([N+](=O)[O-])cc2c1NC(O)C(O)N2)C(=O)O. The Balaban J connectivity index is 2.13. The zero-order chi connectivity index (χ0) is 17.9. The molecule has 0 spiro atoms. The van der Waals surface area contributed by atoms with Gasteiger partial charge in [-0.1, -0.05) is 6.92 Å². The summed E-state index contributed by atoms with van der Waals surface area (Å²) in [5.74, 6) is -1.45. The minimum absolute atomic E-state index is 0.138. The van der Waals surface area contributed by atoms with E-state index in [-0.39, 0.29) is 12.2 Å². The predicted octanol–water partition coefficient (Wildman–Crippen LogP) is -0.0782. The Kier molecular flexibility index (Phi) is 5.54. The Bertz CT molecular complexity index is 638. The smallest absolute Gasteiger partial charge is 0.307 e. The third-order valence-electron chi connectivity index (χ3n) is 3.75. The van der Waals surface area contributed by atoms with E-state index in [1.807, 2.05) is 0 Å². The maximum Gasteiger partial charge on any atom is 0.307 e. The summed E-state index contributed by atoms with van der Waals surface area (Å²) in [6.07, 6.45) is -2.13. The number of rotatable bonds is 7. The van der Waals surface area contributed by atoms with Gasteiger partial charge in [0.05, 0.1) is 22.2 Å². The number of fused-ring (bicyclic) bond motifs is 1. The summed E-state index contributed by atoms with van der Waals surface area (Å²) in [6, 6.07) is 2.67. The van der Waals surface area contributed by atoms with Crippen LogP contribution in [0, 0.1) is 16.0 Å². The van der Waals surface area contributed by atoms with Crippen molar-refractivity contribution in [2.75, 3.05) is 23.7 Å². The lowest BCUT2D eigenvalue weighted by Gasteiger charge is -2.31. The molecule has 10 nitrogen and oxygen atoms in total. The van der Waals surface area contributed by atoms with Crippen LogP contribution < -0.4 is 16.0 Å². The molecule has 1 heterocycles. The molecule has 0 aromatic heterocycles. The number of aliphatic hydroxyl groups is 2. The minimum Gasteiger partial charge on any atom is -0.481 e. The number of nitrogens with one attached hydrogen (secondary N) is 3. The van der Waals surface area contributed by atoms with Gasteiger partial charge in [0.2, 0.25) is 0 Å². The molecule has 6 N–H and O–H groups in total. The van der Waals surface area contributed by atoms with Crippen LogP contribution in [0.4, 0.5) is 17.1 Å². The summed E-state index contributed by atoms with van der Waals surface area (Å²) in [4.78, 5) is 21.3. The number of hydrogen-bond acceptors (Lipinski definition) is 8. The number of hydrogen-bond donors (Lipinski definition) is 6. The molecular weight excluding hydrogens is 320 g/mol. The molecule has 1 aromatic carbocycles. The second-order valence-corrected chi connectivity index (χ2v) is 5.66. The van der Waals surface area contributed by atoms with E-state index in [4.69, 9.17) is 5.11 Å². The van der Waals surface area contributed by atoms with Crippen molar-refractivity contribution in [3.8, 4) is 0 Å². The van der Waals surface area contributed by atoms with Crippen molar-refractivity contribution in [2.45, 2.75) is 25.8 Å². The van der Waals surface area contributed by atoms with Gasteiger partial charge in [-0.25, -0.2) is 0 Å². The molecule has 0 amide bonds. The summed E-state index contributed by atoms with van der Waals surface area (Å²) in [6.45, 7) is 2.26. The number of aliphatic hydroxyl groups excluding tert-OH is 2. The van der Waals surface area contributed by atoms with Crippen LogP contribution in [0.2, 0.25) is 0 Å². The Morgan fingerprint density at radius 3 is 2.67 bits per heavy atom. The molecule has 10 heteroatoms. The first-order valence-corrected chi connectivity index (χ1v) is 7.43. The molecule has 2 rings (SSSR count). The van der Waals surface area contributed by atoms with Crippen LogP contribution in [0.15, 0.2) is 12.1 Å². The average Bonchev–Trinajstić information content (AvgIpc) is 2.52. The van der Waals surface area contributed by atoms with E-state index in [1.54, 1.807) is 6.92 Å². The number of nitro benzene ring substituents is 1. The molecule has 1 aliphatic heterocycles. The van der Waals surface area contributed by atoms with Gasteiger partial charge in [0.25, 0.3) is 5.69 Å². The van der Waals surface area contributed by atoms with E-state index in [9.17, 15) is 25.1 Å². The van der Waals surface area contributed by atoms with Crippen molar-refractivity contribution in [3.05, 3.63) is 27.8 Å². The molecule has 132 valence electrons. The van der Waals surface area contributed by atoms with Crippen molar-refractivity contribution in [1.29, 1.82) is 0 Å². The highest BCUT2D eigenvalue weighted by Gasteiger charge is 2.27. The number of benzene rings is 1. The van der Waals surface area contributed by atoms with Crippen molar-refractivity contribution >= 4 is 23.0 Å². The van der Waals surface area contributed by atoms with Crippen LogP contribution in [0.25, 0.3) is 0 Å². The highest BCUT2D eigenvalue weighted by Crippen LogP contribution is 2.35. The molecule has 0 saturated carbocycles. The second-order valence-electron chi connectivity index (χ2n) is 5.66. The molecule has 3 atom stereocenters. The third-order valence-corrected chi connectivity index (χ3v) is 3.75. The quantitative estimate of drug-likeness (QED) is 0.227. The summed E-state index contributed by atoms with van der Waals surface area (Å²) < 4.78 is 0. The van der Waals surface area contributed by atoms with E-state index in [0.717, 1.165) is 0 Å². The maximum atomic E-state index is 11.0. The van der Waals surface area contributed by atoms with Crippen LogP contribution in [-0.2, 0) is 11.2 Å². The molecule has 1 aromatic rings. The van der Waals surface area contributed by atoms with Gasteiger partial charge in [-0.05, 0) is 18.5 Å². The molecule has 0 fully saturated rings. The lowest BCUT2D eigenvalue weighted by Crippen LogP contribution is -2.43. The molecule has 1 aliphatic rings. The number of aliphatic carboxylic acids is 1. The first-order chi connectivity index (χ1) is 11.3. The lowest BCUT2D eigenvalue weighted by molar-refractivity contribution is -0.384. The lowest BCUT2D eigenvalue weighted by atomic mass is 10.0. The normalized spacial score (nSPS) is 20.5. The number of carboxylic acids is 1. The molecule has 3 unspecified atom stereocenters. The molecule has 0 saturated heterocycles. The van der Waals surface area contributed by atoms with E-state index in [2.05, 4.69) is 16.0 Å². The van der Waals surface area contributed by atoms with Gasteiger partial charge in [-0.15, -0.1) is 0 Å². The Hall–Kier alpha value is -2.43. The first kappa shape index (κ1) is 17.9. The summed E-state index contributed by atoms with van der Waals surface area (Å²) in [7, 11) is 0. The van der Waals surface area contributed by atoms with Crippen molar-refractivity contribution < 1.29 is 25.0 Å². The van der Waals surface area contributed by atoms with Crippen LogP contribution in [0.5, 0.6) is 0 Å². The Morgan fingerprint density at radius 1 is 1.38 bits per heavy atom. The van der Waals surface area contributed by atoms with Crippen LogP contribution in [0.3, 0.4) is 0 Å². The fourth-order valence-electron chi connectivity index (χ4n) is 2.37. The van der Waals surface area contributed by atoms with Crippen LogP contribution in [-0.4, -0.2) is 51.8 Å². The number of non-ortho nitro benzene ring substituents is 1. The van der Waals surface area contributed by atoms with Gasteiger partial charge in [0.1, 0.15) is 0 Å². The van der Waals surface area contributed by atoms with Gasteiger partial charge >= 0.3 is 5.97 Å². The van der Waals surface area contributed by atoms with E-state index < -0.39 is 29.3 Å². The number of carboxylic acid groups (broad SMARTS) is 1. The topological polar surface area (TPSA) is 157 Å². The van der Waals surface area contributed by atoms with Crippen molar-refractivity contribution in [2.24, 2.45) is 5.92 Å². The molecule has 24 heavy (non-hydrogen) atoms. The zero-order valence-corrected chi connectivity index (χ0v) is 13.0. The van der Waals surface area contributed by atoms with Gasteiger partial charge < -0.3 is 31.3 Å². The fourth-order valence-corrected chi connectivity index (χ4v) is 2.37. The monoisotopic (exact) mass is 340 g/mol. The Morgan fingerprint density at radius 2 is 2.04 bits per heavy atom. The first-order valence-electron chi connectivity index (χ1n) is 7.43. The van der Waals surface area contributed by atoms with E-state index in [1.165, 1.54) is 12.1 Å². The van der Waals surface area contributed by atoms with Gasteiger partial charge in [0.15, 0.2) is 12.5 Å². The second kappa shape index (κ2) is 7.43. The largest absolute Gasteiger partial charge is 0.481 e. The Labute approximate surface area is 137 Å². The molecule has 0 aliphatic carbocycles. The summed E-state index contributed by atoms with van der Waals surface area (Å²) in [5.41, 5.74) is 1.25. The average molecular weight is 340 g/mol. The van der Waals surface area contributed by atoms with Gasteiger partial charge in [-0.3, -0.25) is 14.9 Å². The van der Waals surface area contributed by atoms with Crippen molar-refractivity contribution in [1.82, 2.24) is 5.32 Å². The number of nitro groups is 1. The van der Waals surface area contributed by atoms with Gasteiger partial charge in [0, 0.05) is 18.7 Å². The maximum absolute atomic E-state index is 11.0. The summed E-state index contributed by atoms with van der Waals surface area (Å²) in [5, 5.41) is 47.5. The minimum atomic E-state index is -1.28. The zero-order valence-electron chi connectivity index (χ0n) is 13.0. The number of nitrogens with zero attached hydrogens (tertiary/aromatic N) is 1. The van der Waals surface area contributed by atoms with Gasteiger partial charge in [-0.2, -0.15) is 0 Å². The standard InChI is InChI=1S/C14H20N4O6/c1-7(14(21)22)6-15-3-2-8-4-9(18(23)24)5-10-11(8)17-13(20)12(19)16-10/h4-5,7,12-13,15-17,19-20H,2-3,6H2,1H3,(H,21,22). The molecule has 0 radical (unpaired) electrons. The molecular formula is C14H20N4O6. The number of anilines is 2. The van der Waals surface area contributed by atoms with Crippen LogP contribution >= 0.6 is 0 Å². The fraction of sp³-hybridized carbons (Fsp3) is 0.500. The van der Waals surface area contributed by atoms with Crippen molar-refractivity contribution in [3.63, 3.8) is 0 Å². The highest BCUT2D eigenvalue weighted by molar-refractivity contribution is 5.78. The van der Waals surface area contributed by atoms with E-state index >= 15 is 0 Å². The van der Waals surface area contributed by atoms with Crippen LogP contribution in [0.1, 0.15) is 12.5 Å².